The van der Waals surface area contributed by atoms with E-state index in [0.29, 0.717) is 6.07 Å². The second kappa shape index (κ2) is 5.99. The van der Waals surface area contributed by atoms with Crippen LogP contribution >= 0.6 is 8.03 Å². The molecule has 0 bridgehead atoms. The first kappa shape index (κ1) is 18.0. The van der Waals surface area contributed by atoms with Crippen LogP contribution < -0.4 is 0 Å². The second-order valence-electron chi connectivity index (χ2n) is 3.68. The molecule has 0 aliphatic heterocycles. The molecule has 0 amide bonds. The highest BCUT2D eigenvalue weighted by Gasteiger charge is 2.60. The molecular formula is C9H8F5O5PS. The van der Waals surface area contributed by atoms with E-state index in [1.807, 2.05) is 0 Å². The Balaban J connectivity index is 3.38. The van der Waals surface area contributed by atoms with E-state index in [2.05, 4.69) is 4.18 Å². The molecule has 1 aromatic rings. The molecule has 120 valence electrons. The Morgan fingerprint density at radius 3 is 2.14 bits per heavy atom. The molecule has 0 fully saturated rings. The van der Waals surface area contributed by atoms with Crippen LogP contribution in [-0.4, -0.2) is 25.8 Å². The third-order valence-corrected chi connectivity index (χ3v) is 4.11. The number of benzene rings is 1. The smallest absolute Gasteiger partial charge is 0.345 e. The number of hydrogen-bond donors (Lipinski definition) is 1. The molecule has 1 aromatic carbocycles. The molecule has 0 spiro atoms. The van der Waals surface area contributed by atoms with Crippen molar-refractivity contribution in [2.45, 2.75) is 17.0 Å². The summed E-state index contributed by atoms with van der Waals surface area (Å²) in [4.78, 5) is 7.03. The first-order chi connectivity index (χ1) is 9.39. The van der Waals surface area contributed by atoms with E-state index in [0.717, 1.165) is 12.1 Å². The lowest BCUT2D eigenvalue weighted by Crippen LogP contribution is -2.35. The Labute approximate surface area is 116 Å². The molecule has 5 nitrogen and oxygen atoms in total. The van der Waals surface area contributed by atoms with Crippen molar-refractivity contribution in [2.24, 2.45) is 0 Å². The van der Waals surface area contributed by atoms with Gasteiger partial charge in [0.25, 0.3) is 10.1 Å². The zero-order valence-corrected chi connectivity index (χ0v) is 11.7. The summed E-state index contributed by atoms with van der Waals surface area (Å²) < 4.78 is 101. The maximum absolute atomic E-state index is 13.3. The van der Waals surface area contributed by atoms with E-state index in [1.165, 1.54) is 0 Å². The van der Waals surface area contributed by atoms with E-state index in [9.17, 15) is 34.9 Å². The van der Waals surface area contributed by atoms with Crippen molar-refractivity contribution >= 4 is 18.1 Å². The van der Waals surface area contributed by atoms with Gasteiger partial charge in [0.15, 0.2) is 0 Å². The Morgan fingerprint density at radius 1 is 1.14 bits per heavy atom. The van der Waals surface area contributed by atoms with Crippen molar-refractivity contribution < 1.29 is 44.0 Å². The standard InChI is InChI=1S/C9H8F5O5PS/c10-8(11,9(12,13)14)6-3-1-2-4-7(6)21(17,18)19-5-20(15)16/h1-4,20H,5H2,(H,15,16). The fourth-order valence-corrected chi connectivity index (χ4v) is 3.15. The van der Waals surface area contributed by atoms with E-state index in [4.69, 9.17) is 4.89 Å². The fraction of sp³-hybridized carbons (Fsp3) is 0.333. The van der Waals surface area contributed by atoms with Crippen LogP contribution in [-0.2, 0) is 24.8 Å². The monoisotopic (exact) mass is 354 g/mol. The van der Waals surface area contributed by atoms with Gasteiger partial charge < -0.3 is 4.89 Å². The second-order valence-corrected chi connectivity index (χ2v) is 6.34. The first-order valence-corrected chi connectivity index (χ1v) is 8.02. The molecule has 0 saturated carbocycles. The molecule has 0 aliphatic carbocycles. The molecule has 0 aliphatic rings. The lowest BCUT2D eigenvalue weighted by molar-refractivity contribution is -0.290. The summed E-state index contributed by atoms with van der Waals surface area (Å²) in [6, 6.07) is 2.47. The molecule has 12 heteroatoms. The van der Waals surface area contributed by atoms with Gasteiger partial charge in [-0.05, 0) is 6.07 Å². The number of alkyl halides is 5. The molecule has 0 aromatic heterocycles. The van der Waals surface area contributed by atoms with Crippen LogP contribution in [0.2, 0.25) is 0 Å². The average Bonchev–Trinajstić information content (AvgIpc) is 2.35. The van der Waals surface area contributed by atoms with Crippen molar-refractivity contribution in [3.8, 4) is 0 Å². The van der Waals surface area contributed by atoms with Gasteiger partial charge in [0.1, 0.15) is 11.2 Å². The Bertz CT molecular complexity index is 642. The lowest BCUT2D eigenvalue weighted by atomic mass is 10.1. The van der Waals surface area contributed by atoms with Crippen molar-refractivity contribution in [3.63, 3.8) is 0 Å². The summed E-state index contributed by atoms with van der Waals surface area (Å²) in [5.74, 6) is -5.43. The normalized spacial score (nSPS) is 15.0. The highest BCUT2D eigenvalue weighted by Crippen LogP contribution is 2.46. The summed E-state index contributed by atoms with van der Waals surface area (Å²) in [5, 5.41) is 0. The van der Waals surface area contributed by atoms with Crippen molar-refractivity contribution in [3.05, 3.63) is 29.8 Å². The molecular weight excluding hydrogens is 346 g/mol. The largest absolute Gasteiger partial charge is 0.458 e. The predicted octanol–water partition coefficient (Wildman–Crippen LogP) is 2.47. The Kier molecular flexibility index (Phi) is 5.14. The molecule has 1 atom stereocenters. The minimum absolute atomic E-state index is 0.283. The van der Waals surface area contributed by atoms with Crippen LogP contribution in [0.15, 0.2) is 29.2 Å². The number of hydrogen-bond acceptors (Lipinski definition) is 4. The lowest BCUT2D eigenvalue weighted by Gasteiger charge is -2.22. The predicted molar refractivity (Wildman–Crippen MR) is 60.7 cm³/mol. The number of rotatable bonds is 5. The molecule has 1 unspecified atom stereocenters. The summed E-state index contributed by atoms with van der Waals surface area (Å²) in [6.45, 7) is 0. The fourth-order valence-electron chi connectivity index (χ4n) is 1.29. The van der Waals surface area contributed by atoms with Crippen LogP contribution in [0.5, 0.6) is 0 Å². The van der Waals surface area contributed by atoms with Gasteiger partial charge in [0, 0.05) is 0 Å². The first-order valence-electron chi connectivity index (χ1n) is 5.05. The summed E-state index contributed by atoms with van der Waals surface area (Å²) in [5.41, 5.74) is -1.82. The van der Waals surface area contributed by atoms with Crippen molar-refractivity contribution in [1.29, 1.82) is 0 Å². The third kappa shape index (κ3) is 4.00. The summed E-state index contributed by atoms with van der Waals surface area (Å²) >= 11 is 0. The molecule has 1 N–H and O–H groups in total. The van der Waals surface area contributed by atoms with Gasteiger partial charge in [-0.15, -0.1) is 0 Å². The minimum Gasteiger partial charge on any atom is -0.345 e. The third-order valence-electron chi connectivity index (χ3n) is 2.19. The average molecular weight is 354 g/mol. The Hall–Kier alpha value is -1.03. The van der Waals surface area contributed by atoms with E-state index in [1.54, 1.807) is 0 Å². The van der Waals surface area contributed by atoms with Gasteiger partial charge in [-0.3, -0.25) is 8.75 Å². The van der Waals surface area contributed by atoms with Gasteiger partial charge in [-0.2, -0.15) is 30.4 Å². The zero-order valence-electron chi connectivity index (χ0n) is 9.89. The van der Waals surface area contributed by atoms with Gasteiger partial charge in [-0.1, -0.05) is 18.2 Å². The highest BCUT2D eigenvalue weighted by atomic mass is 32.2. The zero-order chi connectivity index (χ0) is 16.5. The highest BCUT2D eigenvalue weighted by molar-refractivity contribution is 7.87. The van der Waals surface area contributed by atoms with Gasteiger partial charge >= 0.3 is 12.1 Å². The van der Waals surface area contributed by atoms with Crippen molar-refractivity contribution in [2.75, 3.05) is 6.35 Å². The van der Waals surface area contributed by atoms with E-state index >= 15 is 0 Å². The minimum atomic E-state index is -6.01. The quantitative estimate of drug-likeness (QED) is 0.499. The molecule has 0 radical (unpaired) electrons. The SMILES string of the molecule is O=[PH](O)COS(=O)(=O)c1ccccc1C(F)(F)C(F)(F)F. The van der Waals surface area contributed by atoms with Crippen LogP contribution in [0.1, 0.15) is 5.56 Å². The Morgan fingerprint density at radius 2 is 1.67 bits per heavy atom. The van der Waals surface area contributed by atoms with Crippen LogP contribution in [0, 0.1) is 0 Å². The molecule has 21 heavy (non-hydrogen) atoms. The van der Waals surface area contributed by atoms with Crippen molar-refractivity contribution in [1.82, 2.24) is 0 Å². The summed E-state index contributed by atoms with van der Waals surface area (Å²) in [7, 11) is -8.46. The van der Waals surface area contributed by atoms with Gasteiger partial charge in [0.2, 0.25) is 8.03 Å². The van der Waals surface area contributed by atoms with Crippen LogP contribution in [0.25, 0.3) is 0 Å². The maximum Gasteiger partial charge on any atom is 0.458 e. The van der Waals surface area contributed by atoms with E-state index < -0.39 is 47.1 Å². The summed E-state index contributed by atoms with van der Waals surface area (Å²) in [6.07, 6.45) is -7.23. The molecule has 1 rings (SSSR count). The van der Waals surface area contributed by atoms with Gasteiger partial charge in [0.05, 0.1) is 5.56 Å². The topological polar surface area (TPSA) is 80.7 Å². The number of halogens is 5. The molecule has 0 heterocycles. The molecule has 0 saturated heterocycles. The van der Waals surface area contributed by atoms with Gasteiger partial charge in [-0.25, -0.2) is 0 Å². The van der Waals surface area contributed by atoms with Crippen LogP contribution in [0.3, 0.4) is 0 Å². The van der Waals surface area contributed by atoms with Crippen LogP contribution in [0.4, 0.5) is 22.0 Å². The maximum atomic E-state index is 13.3. The van der Waals surface area contributed by atoms with E-state index in [-0.39, 0.29) is 6.07 Å².